The van der Waals surface area contributed by atoms with Crippen molar-refractivity contribution in [3.8, 4) is 0 Å². The highest BCUT2D eigenvalue weighted by Crippen LogP contribution is 2.39. The first-order chi connectivity index (χ1) is 17.7. The zero-order chi connectivity index (χ0) is 28.0. The summed E-state index contributed by atoms with van der Waals surface area (Å²) in [6.45, 7) is 4.81. The summed E-state index contributed by atoms with van der Waals surface area (Å²) in [6.07, 6.45) is -0.862. The lowest BCUT2D eigenvalue weighted by molar-refractivity contribution is -0.142. The minimum Gasteiger partial charge on any atom is -0.480 e. The van der Waals surface area contributed by atoms with Crippen molar-refractivity contribution in [2.75, 3.05) is 20.2 Å². The first kappa shape index (κ1) is 28.1. The highest BCUT2D eigenvalue weighted by molar-refractivity contribution is 7.11. The molecule has 2 aliphatic rings. The lowest BCUT2D eigenvalue weighted by Crippen LogP contribution is -2.43. The molecular weight excluding hydrogens is 545 g/mol. The molecule has 1 aromatic heterocycles. The Kier molecular flexibility index (Phi) is 7.61. The molecule has 0 saturated carbocycles. The van der Waals surface area contributed by atoms with E-state index in [2.05, 4.69) is 15.3 Å². The molecule has 2 N–H and O–H groups in total. The number of amidine groups is 1. The van der Waals surface area contributed by atoms with Crippen LogP contribution in [0.1, 0.15) is 49.5 Å². The maximum Gasteiger partial charge on any atom is 0.338 e. The maximum absolute atomic E-state index is 14.3. The third kappa shape index (κ3) is 5.71. The van der Waals surface area contributed by atoms with Crippen LogP contribution in [0.5, 0.6) is 0 Å². The molecule has 2 unspecified atom stereocenters. The van der Waals surface area contributed by atoms with Crippen molar-refractivity contribution in [2.45, 2.75) is 50.6 Å². The first-order valence-electron chi connectivity index (χ1n) is 11.6. The second-order valence-electron chi connectivity index (χ2n) is 10.2. The number of likely N-dealkylation sites (tertiary alicyclic amines) is 1. The van der Waals surface area contributed by atoms with Gasteiger partial charge in [-0.15, -0.1) is 11.3 Å². The number of aliphatic imine (C=N–C) groups is 1. The number of esters is 1. The van der Waals surface area contributed by atoms with Crippen molar-refractivity contribution < 1.29 is 32.6 Å². The van der Waals surface area contributed by atoms with Crippen molar-refractivity contribution in [3.63, 3.8) is 0 Å². The largest absolute Gasteiger partial charge is 0.480 e. The van der Waals surface area contributed by atoms with E-state index in [0.29, 0.717) is 5.01 Å². The molecule has 1 aromatic carbocycles. The number of carboxylic acid groups (broad SMARTS) is 1. The number of rotatable bonds is 6. The molecule has 0 amide bonds. The van der Waals surface area contributed by atoms with Crippen LogP contribution in [0.3, 0.4) is 0 Å². The third-order valence-electron chi connectivity index (χ3n) is 6.28. The number of ether oxygens (including phenoxy) is 1. The number of alkyl halides is 2. The van der Waals surface area contributed by atoms with Gasteiger partial charge in [-0.3, -0.25) is 14.7 Å². The smallest absolute Gasteiger partial charge is 0.338 e. The quantitative estimate of drug-likeness (QED) is 0.491. The van der Waals surface area contributed by atoms with Crippen LogP contribution in [0.15, 0.2) is 39.8 Å². The van der Waals surface area contributed by atoms with Gasteiger partial charge in [-0.05, 0) is 12.1 Å². The monoisotopic (exact) mass is 570 g/mol. The van der Waals surface area contributed by atoms with E-state index in [-0.39, 0.29) is 39.7 Å². The number of benzene rings is 1. The number of carbonyl (C=O) groups excluding carboxylic acids is 1. The van der Waals surface area contributed by atoms with Crippen molar-refractivity contribution >= 4 is 40.7 Å². The normalized spacial score (nSPS) is 21.7. The van der Waals surface area contributed by atoms with E-state index in [9.17, 15) is 27.9 Å². The van der Waals surface area contributed by atoms with Crippen LogP contribution >= 0.6 is 22.9 Å². The summed E-state index contributed by atoms with van der Waals surface area (Å²) in [5.41, 5.74) is 0.849. The molecule has 2 aromatic rings. The fraction of sp³-hybridized carbons (Fsp3) is 0.440. The lowest BCUT2D eigenvalue weighted by Gasteiger charge is -2.30. The van der Waals surface area contributed by atoms with Gasteiger partial charge in [-0.25, -0.2) is 22.9 Å². The molecule has 4 rings (SSSR count). The number of hydrogen-bond donors (Lipinski definition) is 2. The van der Waals surface area contributed by atoms with Crippen LogP contribution < -0.4 is 5.32 Å². The lowest BCUT2D eigenvalue weighted by atomic mass is 9.93. The molecule has 0 radical (unpaired) electrons. The fourth-order valence-corrected chi connectivity index (χ4v) is 5.62. The van der Waals surface area contributed by atoms with Crippen molar-refractivity contribution in [1.29, 1.82) is 0 Å². The number of nitrogens with one attached hydrogen (secondary N) is 1. The number of halogens is 4. The first-order valence-corrected chi connectivity index (χ1v) is 12.9. The van der Waals surface area contributed by atoms with Crippen LogP contribution in [0.4, 0.5) is 13.2 Å². The Morgan fingerprint density at radius 2 is 2.05 bits per heavy atom. The Hall–Kier alpha value is -2.96. The Balaban J connectivity index is 1.86. The molecule has 3 heterocycles. The van der Waals surface area contributed by atoms with Gasteiger partial charge in [0.15, 0.2) is 10.8 Å². The molecule has 0 spiro atoms. The molecule has 2 atom stereocenters. The minimum absolute atomic E-state index is 0.00797. The molecule has 8 nitrogen and oxygen atoms in total. The van der Waals surface area contributed by atoms with Crippen LogP contribution in [-0.4, -0.2) is 64.9 Å². The summed E-state index contributed by atoms with van der Waals surface area (Å²) in [5, 5.41) is 14.9. The van der Waals surface area contributed by atoms with Crippen LogP contribution in [0.25, 0.3) is 0 Å². The SMILES string of the molecule is COC(=O)C1=C(CN2CC(F)(F)CC2C(=O)O)NC(c2nc(C(C)(C)C)cs2)=NC1c1ccc(F)cc1Cl. The van der Waals surface area contributed by atoms with Gasteiger partial charge in [-0.1, -0.05) is 38.4 Å². The summed E-state index contributed by atoms with van der Waals surface area (Å²) < 4.78 is 47.3. The van der Waals surface area contributed by atoms with Crippen LogP contribution in [0, 0.1) is 5.82 Å². The van der Waals surface area contributed by atoms with E-state index in [1.807, 2.05) is 26.2 Å². The number of aliphatic carboxylic acids is 1. The van der Waals surface area contributed by atoms with Gasteiger partial charge in [0.25, 0.3) is 5.92 Å². The average Bonchev–Trinajstić information content (AvgIpc) is 3.43. The number of methoxy groups -OCH3 is 1. The van der Waals surface area contributed by atoms with Gasteiger partial charge in [0.05, 0.1) is 24.9 Å². The standard InChI is InChI=1S/C25H26ClF3N4O4S/c1-24(2,3)17-10-38-21(31-17)20-30-15(9-33-11-25(28,29)8-16(33)22(34)35)18(23(36)37-4)19(32-20)13-6-5-12(27)7-14(13)26/h5-7,10,16,19H,8-9,11H2,1-4H3,(H,30,32)(H,34,35). The summed E-state index contributed by atoms with van der Waals surface area (Å²) in [4.78, 5) is 35.2. The summed E-state index contributed by atoms with van der Waals surface area (Å²) >= 11 is 7.64. The van der Waals surface area contributed by atoms with Gasteiger partial charge in [0, 0.05) is 40.0 Å². The molecular formula is C25H26ClF3N4O4S. The van der Waals surface area contributed by atoms with Crippen molar-refractivity contribution in [1.82, 2.24) is 15.2 Å². The zero-order valence-electron chi connectivity index (χ0n) is 21.0. The number of nitrogens with zero attached hydrogens (tertiary/aromatic N) is 3. The zero-order valence-corrected chi connectivity index (χ0v) is 22.6. The van der Waals surface area contributed by atoms with E-state index in [1.54, 1.807) is 0 Å². The van der Waals surface area contributed by atoms with Crippen molar-refractivity contribution in [3.05, 3.63) is 62.0 Å². The Bertz CT molecular complexity index is 1340. The molecule has 0 bridgehead atoms. The van der Waals surface area contributed by atoms with Crippen LogP contribution in [0.2, 0.25) is 5.02 Å². The van der Waals surface area contributed by atoms with E-state index < -0.39 is 48.7 Å². The van der Waals surface area contributed by atoms with Gasteiger partial charge >= 0.3 is 11.9 Å². The summed E-state index contributed by atoms with van der Waals surface area (Å²) in [5.74, 6) is -5.82. The molecule has 1 fully saturated rings. The number of carbonyl (C=O) groups is 2. The molecule has 204 valence electrons. The Morgan fingerprint density at radius 1 is 1.34 bits per heavy atom. The number of aromatic nitrogens is 1. The highest BCUT2D eigenvalue weighted by atomic mass is 35.5. The van der Waals surface area contributed by atoms with Gasteiger partial charge < -0.3 is 15.2 Å². The van der Waals surface area contributed by atoms with Crippen molar-refractivity contribution in [2.24, 2.45) is 4.99 Å². The fourth-order valence-electron chi connectivity index (χ4n) is 4.35. The second kappa shape index (κ2) is 10.3. The highest BCUT2D eigenvalue weighted by Gasteiger charge is 2.49. The van der Waals surface area contributed by atoms with E-state index in [1.165, 1.54) is 17.4 Å². The third-order valence-corrected chi connectivity index (χ3v) is 7.45. The van der Waals surface area contributed by atoms with E-state index in [0.717, 1.165) is 29.8 Å². The Morgan fingerprint density at radius 3 is 2.63 bits per heavy atom. The molecule has 13 heteroatoms. The second-order valence-corrected chi connectivity index (χ2v) is 11.4. The molecule has 1 saturated heterocycles. The molecule has 38 heavy (non-hydrogen) atoms. The predicted molar refractivity (Wildman–Crippen MR) is 136 cm³/mol. The van der Waals surface area contributed by atoms with Gasteiger partial charge in [-0.2, -0.15) is 0 Å². The van der Waals surface area contributed by atoms with E-state index >= 15 is 0 Å². The maximum atomic E-state index is 14.3. The Labute approximate surface area is 226 Å². The number of hydrogen-bond acceptors (Lipinski definition) is 8. The van der Waals surface area contributed by atoms with Crippen LogP contribution in [-0.2, 0) is 19.7 Å². The predicted octanol–water partition coefficient (Wildman–Crippen LogP) is 4.55. The molecule has 0 aliphatic carbocycles. The van der Waals surface area contributed by atoms with Gasteiger partial charge in [0.1, 0.15) is 17.9 Å². The molecule has 2 aliphatic heterocycles. The average molecular weight is 571 g/mol. The number of thiazole rings is 1. The minimum atomic E-state index is -3.22. The number of carboxylic acids is 1. The summed E-state index contributed by atoms with van der Waals surface area (Å²) in [7, 11) is 1.15. The van der Waals surface area contributed by atoms with E-state index in [4.69, 9.17) is 16.3 Å². The topological polar surface area (TPSA) is 104 Å². The summed E-state index contributed by atoms with van der Waals surface area (Å²) in [6, 6.07) is 1.04. The van der Waals surface area contributed by atoms with Gasteiger partial charge in [0.2, 0.25) is 0 Å².